The smallest absolute Gasteiger partial charge is 0.0242 e. The van der Waals surface area contributed by atoms with Crippen LogP contribution in [-0.2, 0) is 0 Å². The van der Waals surface area contributed by atoms with Gasteiger partial charge in [-0.25, -0.2) is 0 Å². The molecule has 0 saturated heterocycles. The highest BCUT2D eigenvalue weighted by atomic mass is 14.5. The second-order valence-electron chi connectivity index (χ2n) is 5.60. The first-order valence-electron chi connectivity index (χ1n) is 7.29. The lowest BCUT2D eigenvalue weighted by molar-refractivity contribution is 0.205. The van der Waals surface area contributed by atoms with Crippen molar-refractivity contribution in [1.82, 2.24) is 0 Å². The first kappa shape index (κ1) is 12.7. The molecule has 2 bridgehead atoms. The second kappa shape index (κ2) is 5.25. The third-order valence-corrected chi connectivity index (χ3v) is 4.99. The van der Waals surface area contributed by atoms with Gasteiger partial charge in [-0.3, -0.25) is 0 Å². The van der Waals surface area contributed by atoms with Crippen LogP contribution < -0.4 is 0 Å². The van der Waals surface area contributed by atoms with E-state index >= 15 is 0 Å². The Bertz CT molecular complexity index is 334. The van der Waals surface area contributed by atoms with Gasteiger partial charge < -0.3 is 0 Å². The maximum atomic E-state index is 4.24. The maximum absolute atomic E-state index is 4.24. The van der Waals surface area contributed by atoms with Crippen molar-refractivity contribution < 1.29 is 0 Å². The molecule has 0 nitrogen and oxygen atoms in total. The minimum atomic E-state index is 0.984. The number of hydrogen-bond donors (Lipinski definition) is 0. The Kier molecular flexibility index (Phi) is 3.91. The van der Waals surface area contributed by atoms with Gasteiger partial charge in [-0.2, -0.15) is 0 Å². The van der Waals surface area contributed by atoms with E-state index < -0.39 is 0 Å². The molecule has 0 N–H and O–H groups in total. The van der Waals surface area contributed by atoms with Crippen LogP contribution in [0.1, 0.15) is 46.0 Å². The van der Waals surface area contributed by atoms with Crippen LogP contribution in [0.15, 0.2) is 36.5 Å². The maximum Gasteiger partial charge on any atom is -0.0242 e. The van der Waals surface area contributed by atoms with E-state index in [9.17, 15) is 0 Å². The summed E-state index contributed by atoms with van der Waals surface area (Å²) in [4.78, 5) is 0. The number of rotatable bonds is 1. The van der Waals surface area contributed by atoms with Crippen LogP contribution in [0.2, 0.25) is 0 Å². The summed E-state index contributed by atoms with van der Waals surface area (Å²) in [5.74, 6) is 4.06. The van der Waals surface area contributed by atoms with Crippen LogP contribution in [0.3, 0.4) is 0 Å². The molecule has 0 aromatic carbocycles. The summed E-state index contributed by atoms with van der Waals surface area (Å²) in [6, 6.07) is 0. The van der Waals surface area contributed by atoms with Gasteiger partial charge in [-0.05, 0) is 61.3 Å². The van der Waals surface area contributed by atoms with E-state index in [2.05, 4.69) is 19.2 Å². The lowest BCUT2D eigenvalue weighted by Crippen LogP contribution is -2.27. The molecule has 0 aliphatic heterocycles. The van der Waals surface area contributed by atoms with Gasteiger partial charge in [0.2, 0.25) is 0 Å². The fourth-order valence-electron chi connectivity index (χ4n) is 4.31. The normalized spacial score (nSPS) is 40.8. The predicted molar refractivity (Wildman–Crippen MR) is 75.8 cm³/mol. The Morgan fingerprint density at radius 1 is 1.06 bits per heavy atom. The van der Waals surface area contributed by atoms with Crippen LogP contribution >= 0.6 is 0 Å². The Balaban J connectivity index is 0.000000514. The number of allylic oxidation sites excluding steroid dienone is 4. The van der Waals surface area contributed by atoms with E-state index in [1.807, 2.05) is 19.9 Å². The zero-order valence-electron chi connectivity index (χ0n) is 11.4. The molecule has 3 saturated carbocycles. The fraction of sp³-hybridized carbons (Fsp3) is 0.647. The summed E-state index contributed by atoms with van der Waals surface area (Å²) in [7, 11) is 0. The van der Waals surface area contributed by atoms with Crippen molar-refractivity contribution in [2.45, 2.75) is 46.0 Å². The molecule has 3 aliphatic carbocycles. The summed E-state index contributed by atoms with van der Waals surface area (Å²) < 4.78 is 0. The third kappa shape index (κ3) is 2.14. The van der Waals surface area contributed by atoms with Gasteiger partial charge in [0.15, 0.2) is 0 Å². The van der Waals surface area contributed by atoms with Gasteiger partial charge in [0.25, 0.3) is 0 Å². The molecular weight excluding hydrogens is 204 g/mol. The summed E-state index contributed by atoms with van der Waals surface area (Å²) in [5.41, 5.74) is 2.88. The first-order valence-corrected chi connectivity index (χ1v) is 7.29. The third-order valence-electron chi connectivity index (χ3n) is 4.99. The molecule has 4 atom stereocenters. The molecule has 0 aromatic rings. The molecule has 3 fully saturated rings. The second-order valence-corrected chi connectivity index (χ2v) is 5.60. The molecular formula is C17H26. The highest BCUT2D eigenvalue weighted by molar-refractivity contribution is 5.35. The van der Waals surface area contributed by atoms with Crippen molar-refractivity contribution in [1.29, 1.82) is 0 Å². The lowest BCUT2D eigenvalue weighted by atomic mass is 9.68. The van der Waals surface area contributed by atoms with Gasteiger partial charge in [-0.15, -0.1) is 0 Å². The van der Waals surface area contributed by atoms with Crippen molar-refractivity contribution in [2.24, 2.45) is 23.7 Å². The lowest BCUT2D eigenvalue weighted by Gasteiger charge is -2.37. The molecule has 94 valence electrons. The summed E-state index contributed by atoms with van der Waals surface area (Å²) in [5, 5.41) is 0. The minimum Gasteiger partial charge on any atom is -0.0991 e. The largest absolute Gasteiger partial charge is 0.0991 e. The van der Waals surface area contributed by atoms with Crippen LogP contribution in [0, 0.1) is 23.7 Å². The van der Waals surface area contributed by atoms with E-state index in [0.717, 1.165) is 23.7 Å². The van der Waals surface area contributed by atoms with Crippen molar-refractivity contribution in [3.63, 3.8) is 0 Å². The fourth-order valence-corrected chi connectivity index (χ4v) is 4.31. The summed E-state index contributed by atoms with van der Waals surface area (Å²) in [6.45, 7) is 12.0. The highest BCUT2D eigenvalue weighted by Crippen LogP contribution is 2.58. The van der Waals surface area contributed by atoms with Gasteiger partial charge in [0.1, 0.15) is 0 Å². The molecule has 0 spiro atoms. The quantitative estimate of drug-likeness (QED) is 0.585. The van der Waals surface area contributed by atoms with Gasteiger partial charge in [0.05, 0.1) is 0 Å². The van der Waals surface area contributed by atoms with Crippen LogP contribution in [0.4, 0.5) is 0 Å². The Morgan fingerprint density at radius 3 is 2.24 bits per heavy atom. The summed E-state index contributed by atoms with van der Waals surface area (Å²) in [6.07, 6.45) is 11.2. The molecule has 0 heterocycles. The van der Waals surface area contributed by atoms with Crippen molar-refractivity contribution in [3.8, 4) is 0 Å². The van der Waals surface area contributed by atoms with E-state index in [1.165, 1.54) is 43.3 Å². The number of hydrogen-bond acceptors (Lipinski definition) is 0. The minimum absolute atomic E-state index is 0.984. The predicted octanol–water partition coefficient (Wildman–Crippen LogP) is 5.14. The van der Waals surface area contributed by atoms with Gasteiger partial charge in [0, 0.05) is 0 Å². The standard InChI is InChI=1S/C15H20.C2H6/c1-3-4-11-9-15-13-6-5-12(8-13)14(15)7-10(11)2;1-2/h3-4,12-15H,1-2,5-9H2;1-2H3/b11-4-;. The molecule has 0 heteroatoms. The van der Waals surface area contributed by atoms with E-state index in [4.69, 9.17) is 0 Å². The molecule has 17 heavy (non-hydrogen) atoms. The molecule has 4 unspecified atom stereocenters. The topological polar surface area (TPSA) is 0 Å². The zero-order valence-corrected chi connectivity index (χ0v) is 11.4. The Morgan fingerprint density at radius 2 is 1.65 bits per heavy atom. The van der Waals surface area contributed by atoms with Crippen LogP contribution in [-0.4, -0.2) is 0 Å². The van der Waals surface area contributed by atoms with E-state index in [-0.39, 0.29) is 0 Å². The monoisotopic (exact) mass is 230 g/mol. The van der Waals surface area contributed by atoms with Crippen LogP contribution in [0.5, 0.6) is 0 Å². The number of fused-ring (bicyclic) bond motifs is 5. The highest BCUT2D eigenvalue weighted by Gasteiger charge is 2.49. The first-order chi connectivity index (χ1) is 8.29. The molecule has 3 aliphatic rings. The summed E-state index contributed by atoms with van der Waals surface area (Å²) >= 11 is 0. The molecule has 0 aromatic heterocycles. The van der Waals surface area contributed by atoms with Crippen molar-refractivity contribution >= 4 is 0 Å². The molecule has 3 rings (SSSR count). The van der Waals surface area contributed by atoms with Crippen molar-refractivity contribution in [3.05, 3.63) is 36.5 Å². The van der Waals surface area contributed by atoms with E-state index in [1.54, 1.807) is 0 Å². The molecule has 0 radical (unpaired) electrons. The SMILES string of the molecule is C=C/C=C1/CC2C3CCC(C3)C2CC1=C.CC. The van der Waals surface area contributed by atoms with E-state index in [0.29, 0.717) is 0 Å². The average Bonchev–Trinajstić information content (AvgIpc) is 2.94. The average molecular weight is 230 g/mol. The van der Waals surface area contributed by atoms with Gasteiger partial charge >= 0.3 is 0 Å². The van der Waals surface area contributed by atoms with Crippen molar-refractivity contribution in [2.75, 3.05) is 0 Å². The zero-order chi connectivity index (χ0) is 12.4. The molecule has 0 amide bonds. The Labute approximate surface area is 106 Å². The van der Waals surface area contributed by atoms with Gasteiger partial charge in [-0.1, -0.05) is 44.7 Å². The van der Waals surface area contributed by atoms with Crippen LogP contribution in [0.25, 0.3) is 0 Å². The Hall–Kier alpha value is -0.780.